The van der Waals surface area contributed by atoms with Crippen molar-refractivity contribution in [3.8, 4) is 0 Å². The lowest BCUT2D eigenvalue weighted by Crippen LogP contribution is -2.44. The Morgan fingerprint density at radius 2 is 1.77 bits per heavy atom. The SMILES string of the molecule is Cc1cc(CNC(=O)C[C@@]2(Cc3ccccc3)C(=O)N(C)c3ccccc32)ccn1. The molecule has 4 rings (SSSR count). The van der Waals surface area contributed by atoms with E-state index in [4.69, 9.17) is 0 Å². The topological polar surface area (TPSA) is 62.3 Å². The van der Waals surface area contributed by atoms with Gasteiger partial charge < -0.3 is 10.2 Å². The van der Waals surface area contributed by atoms with Crippen LogP contribution in [-0.2, 0) is 28.0 Å². The van der Waals surface area contributed by atoms with Crippen molar-refractivity contribution in [1.29, 1.82) is 0 Å². The first kappa shape index (κ1) is 19.8. The lowest BCUT2D eigenvalue weighted by atomic mass is 9.73. The lowest BCUT2D eigenvalue weighted by Gasteiger charge is -2.28. The first-order chi connectivity index (χ1) is 14.5. The number of carbonyl (C=O) groups excluding carboxylic acids is 2. The van der Waals surface area contributed by atoms with Gasteiger partial charge in [0.25, 0.3) is 0 Å². The second-order valence-electron chi connectivity index (χ2n) is 7.88. The lowest BCUT2D eigenvalue weighted by molar-refractivity contribution is -0.129. The van der Waals surface area contributed by atoms with E-state index in [1.54, 1.807) is 18.1 Å². The highest BCUT2D eigenvalue weighted by molar-refractivity contribution is 6.09. The van der Waals surface area contributed by atoms with E-state index in [0.29, 0.717) is 13.0 Å². The summed E-state index contributed by atoms with van der Waals surface area (Å²) in [6.45, 7) is 2.33. The molecule has 0 radical (unpaired) electrons. The summed E-state index contributed by atoms with van der Waals surface area (Å²) in [5.41, 5.74) is 3.80. The minimum Gasteiger partial charge on any atom is -0.352 e. The summed E-state index contributed by atoms with van der Waals surface area (Å²) in [5.74, 6) is -0.179. The monoisotopic (exact) mass is 399 g/mol. The molecule has 2 amide bonds. The molecule has 0 aliphatic carbocycles. The average molecular weight is 399 g/mol. The Balaban J connectivity index is 1.63. The van der Waals surface area contributed by atoms with Gasteiger partial charge in [0.15, 0.2) is 0 Å². The molecule has 152 valence electrons. The highest BCUT2D eigenvalue weighted by Crippen LogP contribution is 2.45. The predicted molar refractivity (Wildman–Crippen MR) is 117 cm³/mol. The highest BCUT2D eigenvalue weighted by Gasteiger charge is 2.50. The van der Waals surface area contributed by atoms with Gasteiger partial charge in [-0.1, -0.05) is 48.5 Å². The number of rotatable bonds is 6. The summed E-state index contributed by atoms with van der Waals surface area (Å²) in [5, 5.41) is 2.99. The third kappa shape index (κ3) is 3.71. The minimum absolute atomic E-state index is 0.0394. The van der Waals surface area contributed by atoms with E-state index < -0.39 is 5.41 Å². The number of fused-ring (bicyclic) bond motifs is 1. The number of para-hydroxylation sites is 1. The van der Waals surface area contributed by atoms with Gasteiger partial charge in [-0.25, -0.2) is 0 Å². The summed E-state index contributed by atoms with van der Waals surface area (Å²) in [4.78, 5) is 32.4. The van der Waals surface area contributed by atoms with E-state index in [9.17, 15) is 9.59 Å². The summed E-state index contributed by atoms with van der Waals surface area (Å²) >= 11 is 0. The minimum atomic E-state index is -0.912. The predicted octanol–water partition coefficient (Wildman–Crippen LogP) is 3.55. The maximum atomic E-state index is 13.5. The highest BCUT2D eigenvalue weighted by atomic mass is 16.2. The van der Waals surface area contributed by atoms with Crippen LogP contribution in [0.4, 0.5) is 5.69 Å². The van der Waals surface area contributed by atoms with Crippen LogP contribution in [0, 0.1) is 6.92 Å². The molecule has 1 aliphatic heterocycles. The summed E-state index contributed by atoms with van der Waals surface area (Å²) < 4.78 is 0. The van der Waals surface area contributed by atoms with Crippen molar-refractivity contribution in [3.05, 3.63) is 95.3 Å². The van der Waals surface area contributed by atoms with Gasteiger partial charge in [0.1, 0.15) is 0 Å². The number of hydrogen-bond donors (Lipinski definition) is 1. The average Bonchev–Trinajstić information content (AvgIpc) is 2.95. The van der Waals surface area contributed by atoms with E-state index in [-0.39, 0.29) is 18.2 Å². The van der Waals surface area contributed by atoms with Crippen molar-refractivity contribution in [1.82, 2.24) is 10.3 Å². The molecule has 0 bridgehead atoms. The van der Waals surface area contributed by atoms with Crippen molar-refractivity contribution in [3.63, 3.8) is 0 Å². The van der Waals surface area contributed by atoms with Crippen molar-refractivity contribution in [2.45, 2.75) is 31.7 Å². The maximum Gasteiger partial charge on any atom is 0.238 e. The van der Waals surface area contributed by atoms with Crippen molar-refractivity contribution in [2.75, 3.05) is 11.9 Å². The smallest absolute Gasteiger partial charge is 0.238 e. The summed E-state index contributed by atoms with van der Waals surface area (Å²) in [6.07, 6.45) is 2.32. The number of aromatic nitrogens is 1. The number of nitrogens with zero attached hydrogens (tertiary/aromatic N) is 2. The molecular weight excluding hydrogens is 374 g/mol. The first-order valence-corrected chi connectivity index (χ1v) is 10.1. The molecule has 0 spiro atoms. The number of carbonyl (C=O) groups is 2. The fraction of sp³-hybridized carbons (Fsp3) is 0.240. The van der Waals surface area contributed by atoms with Crippen LogP contribution in [0.5, 0.6) is 0 Å². The van der Waals surface area contributed by atoms with Gasteiger partial charge in [-0.3, -0.25) is 14.6 Å². The maximum absolute atomic E-state index is 13.5. The molecule has 1 aliphatic rings. The molecule has 5 nitrogen and oxygen atoms in total. The normalized spacial score (nSPS) is 17.7. The number of anilines is 1. The molecule has 1 aromatic heterocycles. The zero-order valence-electron chi connectivity index (χ0n) is 17.3. The fourth-order valence-corrected chi connectivity index (χ4v) is 4.32. The molecule has 0 fully saturated rings. The van der Waals surface area contributed by atoms with Crippen molar-refractivity contribution in [2.24, 2.45) is 0 Å². The second-order valence-corrected chi connectivity index (χ2v) is 7.88. The third-order valence-corrected chi connectivity index (χ3v) is 5.76. The van der Waals surface area contributed by atoms with Gasteiger partial charge in [-0.2, -0.15) is 0 Å². The van der Waals surface area contributed by atoms with Crippen molar-refractivity contribution >= 4 is 17.5 Å². The summed E-state index contributed by atoms with van der Waals surface area (Å²) in [7, 11) is 1.78. The number of pyridine rings is 1. The fourth-order valence-electron chi connectivity index (χ4n) is 4.32. The number of benzene rings is 2. The van der Waals surface area contributed by atoms with Crippen LogP contribution in [0.2, 0.25) is 0 Å². The number of nitrogens with one attached hydrogen (secondary N) is 1. The first-order valence-electron chi connectivity index (χ1n) is 10.1. The molecule has 0 saturated heterocycles. The molecule has 1 atom stereocenters. The Kier molecular flexibility index (Phi) is 5.36. The van der Waals surface area contributed by atoms with Gasteiger partial charge in [0, 0.05) is 37.6 Å². The zero-order valence-corrected chi connectivity index (χ0v) is 17.3. The summed E-state index contributed by atoms with van der Waals surface area (Å²) in [6, 6.07) is 21.5. The van der Waals surface area contributed by atoms with Gasteiger partial charge in [-0.15, -0.1) is 0 Å². The van der Waals surface area contributed by atoms with E-state index in [2.05, 4.69) is 10.3 Å². The molecule has 2 heterocycles. The molecule has 0 saturated carbocycles. The Morgan fingerprint density at radius 3 is 2.53 bits per heavy atom. The van der Waals surface area contributed by atoms with Gasteiger partial charge >= 0.3 is 0 Å². The van der Waals surface area contributed by atoms with E-state index >= 15 is 0 Å². The van der Waals surface area contributed by atoms with E-state index in [1.807, 2.05) is 73.7 Å². The third-order valence-electron chi connectivity index (χ3n) is 5.76. The Hall–Kier alpha value is -3.47. The van der Waals surface area contributed by atoms with E-state index in [1.165, 1.54) is 0 Å². The number of hydrogen-bond acceptors (Lipinski definition) is 3. The Morgan fingerprint density at radius 1 is 1.03 bits per heavy atom. The van der Waals surface area contributed by atoms with Gasteiger partial charge in [0.05, 0.1) is 5.41 Å². The van der Waals surface area contributed by atoms with Crippen LogP contribution in [0.25, 0.3) is 0 Å². The zero-order chi connectivity index (χ0) is 21.1. The Labute approximate surface area is 176 Å². The number of aryl methyl sites for hydroxylation is 1. The molecule has 5 heteroatoms. The standard InChI is InChI=1S/C25H25N3O2/c1-18-14-20(12-13-26-18)17-27-23(29)16-25(15-19-8-4-3-5-9-19)21-10-6-7-11-22(21)28(2)24(25)30/h3-14H,15-17H2,1-2H3,(H,27,29)/t25-/m1/s1. The largest absolute Gasteiger partial charge is 0.352 e. The Bertz CT molecular complexity index is 1080. The molecule has 30 heavy (non-hydrogen) atoms. The van der Waals surface area contributed by atoms with Crippen LogP contribution < -0.4 is 10.2 Å². The number of amides is 2. The van der Waals surface area contributed by atoms with Crippen LogP contribution in [0.15, 0.2) is 72.9 Å². The van der Waals surface area contributed by atoms with Crippen LogP contribution >= 0.6 is 0 Å². The molecule has 2 aromatic carbocycles. The molecular formula is C25H25N3O2. The van der Waals surface area contributed by atoms with Gasteiger partial charge in [-0.05, 0) is 48.2 Å². The van der Waals surface area contributed by atoms with Crippen molar-refractivity contribution < 1.29 is 9.59 Å². The quantitative estimate of drug-likeness (QED) is 0.689. The second kappa shape index (κ2) is 8.11. The molecule has 1 N–H and O–H groups in total. The number of likely N-dealkylation sites (N-methyl/N-ethyl adjacent to an activating group) is 1. The van der Waals surface area contributed by atoms with E-state index in [0.717, 1.165) is 28.1 Å². The van der Waals surface area contributed by atoms with Crippen LogP contribution in [0.3, 0.4) is 0 Å². The van der Waals surface area contributed by atoms with Crippen LogP contribution in [-0.4, -0.2) is 23.8 Å². The van der Waals surface area contributed by atoms with Gasteiger partial charge in [0.2, 0.25) is 11.8 Å². The molecule has 3 aromatic rings. The molecule has 0 unspecified atom stereocenters. The van der Waals surface area contributed by atoms with Crippen LogP contribution in [0.1, 0.15) is 28.8 Å².